The van der Waals surface area contributed by atoms with Gasteiger partial charge < -0.3 is 20.9 Å². The number of rotatable bonds is 8. The molecule has 4 N–H and O–H groups in total. The van der Waals surface area contributed by atoms with E-state index in [4.69, 9.17) is 15.6 Å². The quantitative estimate of drug-likeness (QED) is 0.653. The summed E-state index contributed by atoms with van der Waals surface area (Å²) in [5, 5.41) is 12.2. The van der Waals surface area contributed by atoms with Crippen LogP contribution in [0.5, 0.6) is 5.75 Å². The fraction of sp³-hybridized carbons (Fsp3) is 0.235. The Morgan fingerprint density at radius 2 is 1.95 bits per heavy atom. The van der Waals surface area contributed by atoms with Crippen LogP contribution in [0.2, 0.25) is 0 Å². The summed E-state index contributed by atoms with van der Waals surface area (Å²) in [7, 11) is 0. The molecule has 0 atom stereocenters. The normalized spacial score (nSPS) is 10.2. The van der Waals surface area contributed by atoms with Gasteiger partial charge >= 0.3 is 5.97 Å². The number of nitrogens with two attached hydrogens (primary N) is 1. The first kappa shape index (κ1) is 15.9. The van der Waals surface area contributed by atoms with Crippen molar-refractivity contribution < 1.29 is 14.6 Å². The molecule has 2 aromatic rings. The fourth-order valence-corrected chi connectivity index (χ4v) is 1.96. The van der Waals surface area contributed by atoms with Crippen molar-refractivity contribution in [2.24, 2.45) is 5.73 Å². The molecule has 5 nitrogen and oxygen atoms in total. The van der Waals surface area contributed by atoms with Gasteiger partial charge in [0.15, 0.2) is 0 Å². The van der Waals surface area contributed by atoms with Crippen molar-refractivity contribution in [3.63, 3.8) is 0 Å². The molecule has 0 saturated carbocycles. The van der Waals surface area contributed by atoms with Gasteiger partial charge in [-0.3, -0.25) is 0 Å². The van der Waals surface area contributed by atoms with Crippen LogP contribution in [0, 0.1) is 0 Å². The van der Waals surface area contributed by atoms with Crippen molar-refractivity contribution in [2.75, 3.05) is 18.4 Å². The Balaban J connectivity index is 1.89. The molecule has 0 aliphatic rings. The Morgan fingerprint density at radius 3 is 2.64 bits per heavy atom. The van der Waals surface area contributed by atoms with Crippen LogP contribution >= 0.6 is 0 Å². The van der Waals surface area contributed by atoms with Crippen LogP contribution in [0.1, 0.15) is 22.3 Å². The van der Waals surface area contributed by atoms with Gasteiger partial charge in [-0.25, -0.2) is 4.79 Å². The van der Waals surface area contributed by atoms with Crippen molar-refractivity contribution in [1.82, 2.24) is 0 Å². The Bertz CT molecular complexity index is 612. The van der Waals surface area contributed by atoms with Gasteiger partial charge in [0.05, 0.1) is 5.56 Å². The lowest BCUT2D eigenvalue weighted by atomic mass is 10.1. The van der Waals surface area contributed by atoms with Gasteiger partial charge in [0.1, 0.15) is 12.4 Å². The molecule has 0 saturated heterocycles. The van der Waals surface area contributed by atoms with Gasteiger partial charge in [-0.1, -0.05) is 12.1 Å². The van der Waals surface area contributed by atoms with E-state index in [0.717, 1.165) is 30.0 Å². The highest BCUT2D eigenvalue weighted by atomic mass is 16.5. The van der Waals surface area contributed by atoms with Crippen LogP contribution in [-0.4, -0.2) is 24.2 Å². The lowest BCUT2D eigenvalue weighted by Gasteiger charge is -2.09. The van der Waals surface area contributed by atoms with E-state index in [-0.39, 0.29) is 5.56 Å². The summed E-state index contributed by atoms with van der Waals surface area (Å²) in [5.74, 6) is -0.195. The van der Waals surface area contributed by atoms with E-state index in [1.807, 2.05) is 30.3 Å². The number of ether oxygens (including phenoxy) is 1. The average Bonchev–Trinajstić information content (AvgIpc) is 2.54. The predicted octanol–water partition coefficient (Wildman–Crippen LogP) is 2.72. The lowest BCUT2D eigenvalue weighted by Crippen LogP contribution is -2.08. The molecule has 0 aromatic heterocycles. The minimum absolute atomic E-state index is 0.264. The molecule has 2 rings (SSSR count). The third-order valence-electron chi connectivity index (χ3n) is 3.14. The van der Waals surface area contributed by atoms with E-state index in [0.29, 0.717) is 13.2 Å². The highest BCUT2D eigenvalue weighted by Crippen LogP contribution is 2.17. The molecular weight excluding hydrogens is 280 g/mol. The first-order valence-corrected chi connectivity index (χ1v) is 7.18. The largest absolute Gasteiger partial charge is 0.489 e. The zero-order chi connectivity index (χ0) is 15.8. The minimum atomic E-state index is -0.935. The summed E-state index contributed by atoms with van der Waals surface area (Å²) in [6.45, 7) is 1.85. The Morgan fingerprint density at radius 1 is 1.18 bits per heavy atom. The SMILES string of the molecule is NCCCNc1ccc(OCc2cccc(C(=O)O)c2)cc1. The molecule has 0 amide bonds. The summed E-state index contributed by atoms with van der Waals surface area (Å²) in [6, 6.07) is 14.4. The number of carbonyl (C=O) groups is 1. The van der Waals surface area contributed by atoms with Crippen molar-refractivity contribution in [3.05, 3.63) is 59.7 Å². The molecule has 22 heavy (non-hydrogen) atoms. The molecule has 0 heterocycles. The highest BCUT2D eigenvalue weighted by molar-refractivity contribution is 5.87. The van der Waals surface area contributed by atoms with Crippen LogP contribution in [-0.2, 0) is 6.61 Å². The minimum Gasteiger partial charge on any atom is -0.489 e. The third kappa shape index (κ3) is 4.79. The van der Waals surface area contributed by atoms with Crippen LogP contribution in [0.4, 0.5) is 5.69 Å². The van der Waals surface area contributed by atoms with Gasteiger partial charge in [0.25, 0.3) is 0 Å². The smallest absolute Gasteiger partial charge is 0.335 e. The summed E-state index contributed by atoms with van der Waals surface area (Å²) in [5.41, 5.74) is 7.55. The molecule has 2 aromatic carbocycles. The van der Waals surface area contributed by atoms with Crippen molar-refractivity contribution in [2.45, 2.75) is 13.0 Å². The van der Waals surface area contributed by atoms with E-state index in [1.54, 1.807) is 18.2 Å². The van der Waals surface area contributed by atoms with Crippen LogP contribution in [0.15, 0.2) is 48.5 Å². The molecule has 0 spiro atoms. The van der Waals surface area contributed by atoms with Crippen molar-refractivity contribution in [1.29, 1.82) is 0 Å². The number of aromatic carboxylic acids is 1. The van der Waals surface area contributed by atoms with Gasteiger partial charge in [0.2, 0.25) is 0 Å². The Kier molecular flexibility index (Phi) is 5.80. The van der Waals surface area contributed by atoms with E-state index in [2.05, 4.69) is 5.32 Å². The summed E-state index contributed by atoms with van der Waals surface area (Å²) in [6.07, 6.45) is 0.929. The maximum absolute atomic E-state index is 10.9. The van der Waals surface area contributed by atoms with Gasteiger partial charge in [0, 0.05) is 12.2 Å². The third-order valence-corrected chi connectivity index (χ3v) is 3.14. The second-order valence-electron chi connectivity index (χ2n) is 4.89. The predicted molar refractivity (Wildman–Crippen MR) is 86.3 cm³/mol. The Labute approximate surface area is 129 Å². The average molecular weight is 300 g/mol. The van der Waals surface area contributed by atoms with Crippen LogP contribution in [0.3, 0.4) is 0 Å². The van der Waals surface area contributed by atoms with E-state index >= 15 is 0 Å². The fourth-order valence-electron chi connectivity index (χ4n) is 1.96. The summed E-state index contributed by atoms with van der Waals surface area (Å²) in [4.78, 5) is 10.9. The Hall–Kier alpha value is -2.53. The van der Waals surface area contributed by atoms with Crippen LogP contribution in [0.25, 0.3) is 0 Å². The lowest BCUT2D eigenvalue weighted by molar-refractivity contribution is 0.0696. The zero-order valence-electron chi connectivity index (χ0n) is 12.3. The molecule has 0 radical (unpaired) electrons. The van der Waals surface area contributed by atoms with Gasteiger partial charge in [-0.15, -0.1) is 0 Å². The van der Waals surface area contributed by atoms with Crippen LogP contribution < -0.4 is 15.8 Å². The molecule has 0 aliphatic carbocycles. The zero-order valence-corrected chi connectivity index (χ0v) is 12.3. The highest BCUT2D eigenvalue weighted by Gasteiger charge is 2.03. The second-order valence-corrected chi connectivity index (χ2v) is 4.89. The molecule has 0 fully saturated rings. The second kappa shape index (κ2) is 8.05. The molecule has 116 valence electrons. The number of hydrogen-bond acceptors (Lipinski definition) is 4. The molecule has 0 bridgehead atoms. The first-order valence-electron chi connectivity index (χ1n) is 7.18. The monoisotopic (exact) mass is 300 g/mol. The van der Waals surface area contributed by atoms with E-state index in [9.17, 15) is 4.79 Å². The maximum atomic E-state index is 10.9. The topological polar surface area (TPSA) is 84.6 Å². The molecule has 0 unspecified atom stereocenters. The van der Waals surface area contributed by atoms with E-state index < -0.39 is 5.97 Å². The maximum Gasteiger partial charge on any atom is 0.335 e. The van der Waals surface area contributed by atoms with Gasteiger partial charge in [-0.05, 0) is 54.9 Å². The summed E-state index contributed by atoms with van der Waals surface area (Å²) < 4.78 is 5.67. The number of hydrogen-bond donors (Lipinski definition) is 3. The number of carboxylic acid groups (broad SMARTS) is 1. The van der Waals surface area contributed by atoms with Gasteiger partial charge in [-0.2, -0.15) is 0 Å². The molecule has 5 heteroatoms. The summed E-state index contributed by atoms with van der Waals surface area (Å²) >= 11 is 0. The van der Waals surface area contributed by atoms with E-state index in [1.165, 1.54) is 0 Å². The number of benzene rings is 2. The van der Waals surface area contributed by atoms with Crippen molar-refractivity contribution in [3.8, 4) is 5.75 Å². The number of carboxylic acids is 1. The standard InChI is InChI=1S/C17H20N2O3/c18-9-2-10-19-15-5-7-16(8-6-15)22-12-13-3-1-4-14(11-13)17(20)21/h1,3-8,11,19H,2,9-10,12,18H2,(H,20,21). The molecule has 0 aliphatic heterocycles. The number of nitrogens with one attached hydrogen (secondary N) is 1. The first-order chi connectivity index (χ1) is 10.7. The van der Waals surface area contributed by atoms with Crippen molar-refractivity contribution >= 4 is 11.7 Å². The molecular formula is C17H20N2O3. The number of anilines is 1.